The van der Waals surface area contributed by atoms with Gasteiger partial charge >= 0.3 is 0 Å². The Morgan fingerprint density at radius 2 is 1.95 bits per heavy atom. The molecule has 0 bridgehead atoms. The van der Waals surface area contributed by atoms with Crippen LogP contribution in [0, 0.1) is 5.41 Å². The summed E-state index contributed by atoms with van der Waals surface area (Å²) in [4.78, 5) is 12.3. The molecule has 3 nitrogen and oxygen atoms in total. The molecule has 1 saturated carbocycles. The van der Waals surface area contributed by atoms with Gasteiger partial charge in [-0.05, 0) is 36.8 Å². The number of amides is 1. The Morgan fingerprint density at radius 1 is 1.35 bits per heavy atom. The first kappa shape index (κ1) is 15.5. The first-order valence-electron chi connectivity index (χ1n) is 6.84. The number of nitrogens with two attached hydrogens (primary N) is 1. The predicted molar refractivity (Wildman–Crippen MR) is 84.4 cm³/mol. The van der Waals surface area contributed by atoms with Gasteiger partial charge in [-0.2, -0.15) is 0 Å². The van der Waals surface area contributed by atoms with Crippen LogP contribution in [-0.4, -0.2) is 11.9 Å². The Kier molecular flexibility index (Phi) is 4.50. The molecule has 0 radical (unpaired) electrons. The highest BCUT2D eigenvalue weighted by molar-refractivity contribution is 6.39. The Morgan fingerprint density at radius 3 is 2.50 bits per heavy atom. The molecule has 1 fully saturated rings. The van der Waals surface area contributed by atoms with Crippen LogP contribution >= 0.6 is 23.2 Å². The molecule has 1 amide bonds. The molecular weight excluding hydrogens is 295 g/mol. The van der Waals surface area contributed by atoms with Crippen molar-refractivity contribution in [3.63, 3.8) is 0 Å². The molecule has 0 aliphatic heterocycles. The van der Waals surface area contributed by atoms with Crippen LogP contribution in [0.1, 0.15) is 49.9 Å². The number of rotatable bonds is 2. The predicted octanol–water partition coefficient (Wildman–Crippen LogP) is 4.27. The van der Waals surface area contributed by atoms with E-state index in [4.69, 9.17) is 28.9 Å². The van der Waals surface area contributed by atoms with Crippen molar-refractivity contribution in [3.8, 4) is 0 Å². The van der Waals surface area contributed by atoms with Gasteiger partial charge in [0.15, 0.2) is 0 Å². The van der Waals surface area contributed by atoms with Crippen LogP contribution in [-0.2, 0) is 0 Å². The van der Waals surface area contributed by atoms with Crippen molar-refractivity contribution in [2.45, 2.75) is 45.6 Å². The third-order valence-corrected chi connectivity index (χ3v) is 4.51. The third-order valence-electron chi connectivity index (χ3n) is 3.88. The topological polar surface area (TPSA) is 55.1 Å². The van der Waals surface area contributed by atoms with E-state index in [0.717, 1.165) is 19.3 Å². The normalized spacial score (nSPS) is 21.5. The van der Waals surface area contributed by atoms with Gasteiger partial charge in [-0.15, -0.1) is 0 Å². The van der Waals surface area contributed by atoms with Crippen molar-refractivity contribution in [2.75, 3.05) is 5.73 Å². The summed E-state index contributed by atoms with van der Waals surface area (Å²) in [7, 11) is 0. The molecule has 1 unspecified atom stereocenters. The number of nitrogen functional groups attached to an aromatic ring is 1. The Balaban J connectivity index is 2.09. The minimum Gasteiger partial charge on any atom is -0.396 e. The maximum atomic E-state index is 12.3. The molecular formula is C15H20Cl2N2O. The summed E-state index contributed by atoms with van der Waals surface area (Å²) in [5.74, 6) is -0.142. The molecule has 0 spiro atoms. The monoisotopic (exact) mass is 314 g/mol. The molecule has 20 heavy (non-hydrogen) atoms. The van der Waals surface area contributed by atoms with Crippen molar-refractivity contribution in [2.24, 2.45) is 5.41 Å². The van der Waals surface area contributed by atoms with E-state index in [1.54, 1.807) is 12.1 Å². The van der Waals surface area contributed by atoms with E-state index in [-0.39, 0.29) is 17.4 Å². The zero-order valence-corrected chi connectivity index (χ0v) is 13.3. The van der Waals surface area contributed by atoms with Crippen LogP contribution in [0.3, 0.4) is 0 Å². The molecule has 5 heteroatoms. The van der Waals surface area contributed by atoms with Gasteiger partial charge in [-0.3, -0.25) is 4.79 Å². The largest absolute Gasteiger partial charge is 0.396 e. The summed E-state index contributed by atoms with van der Waals surface area (Å²) in [5.41, 5.74) is 6.72. The quantitative estimate of drug-likeness (QED) is 0.801. The number of hydrogen-bond acceptors (Lipinski definition) is 2. The van der Waals surface area contributed by atoms with Crippen LogP contribution in [0.4, 0.5) is 5.69 Å². The fourth-order valence-electron chi connectivity index (χ4n) is 2.81. The van der Waals surface area contributed by atoms with Crippen molar-refractivity contribution < 1.29 is 4.79 Å². The smallest absolute Gasteiger partial charge is 0.251 e. The molecule has 1 atom stereocenters. The second-order valence-electron chi connectivity index (χ2n) is 6.28. The number of nitrogens with one attached hydrogen (secondary N) is 1. The third kappa shape index (κ3) is 3.58. The fourth-order valence-corrected chi connectivity index (χ4v) is 3.29. The van der Waals surface area contributed by atoms with Gasteiger partial charge in [0.2, 0.25) is 0 Å². The van der Waals surface area contributed by atoms with E-state index >= 15 is 0 Å². The fraction of sp³-hybridized carbons (Fsp3) is 0.533. The summed E-state index contributed by atoms with van der Waals surface area (Å²) in [6, 6.07) is 3.33. The Hall–Kier alpha value is -0.930. The van der Waals surface area contributed by atoms with Crippen molar-refractivity contribution in [3.05, 3.63) is 27.7 Å². The van der Waals surface area contributed by atoms with E-state index in [1.165, 1.54) is 6.42 Å². The first-order chi connectivity index (χ1) is 9.28. The average molecular weight is 315 g/mol. The highest BCUT2D eigenvalue weighted by atomic mass is 35.5. The molecule has 3 N–H and O–H groups in total. The summed E-state index contributed by atoms with van der Waals surface area (Å²) < 4.78 is 0. The number of halogens is 2. The van der Waals surface area contributed by atoms with Gasteiger partial charge in [-0.25, -0.2) is 0 Å². The lowest BCUT2D eigenvalue weighted by atomic mass is 9.75. The zero-order chi connectivity index (χ0) is 14.9. The molecule has 1 aromatic carbocycles. The molecule has 1 aromatic rings. The van der Waals surface area contributed by atoms with E-state index in [9.17, 15) is 4.79 Å². The molecule has 1 aliphatic rings. The summed E-state index contributed by atoms with van der Waals surface area (Å²) in [5, 5.41) is 3.69. The zero-order valence-electron chi connectivity index (χ0n) is 11.8. The SMILES string of the molecule is CC1(C)CCCC(NC(=O)c2cc(Cl)c(N)c(Cl)c2)C1. The van der Waals surface area contributed by atoms with Gasteiger partial charge in [-0.1, -0.05) is 43.5 Å². The van der Waals surface area contributed by atoms with Gasteiger partial charge in [0.25, 0.3) is 5.91 Å². The number of anilines is 1. The van der Waals surface area contributed by atoms with Crippen LogP contribution < -0.4 is 11.1 Å². The van der Waals surface area contributed by atoms with E-state index in [2.05, 4.69) is 19.2 Å². The lowest BCUT2D eigenvalue weighted by Gasteiger charge is -2.35. The number of carbonyl (C=O) groups excluding carboxylic acids is 1. The Bertz CT molecular complexity index is 506. The maximum absolute atomic E-state index is 12.3. The van der Waals surface area contributed by atoms with Crippen LogP contribution in [0.2, 0.25) is 10.0 Å². The molecule has 110 valence electrons. The maximum Gasteiger partial charge on any atom is 0.251 e. The molecule has 0 aromatic heterocycles. The van der Waals surface area contributed by atoms with Crippen LogP contribution in [0.5, 0.6) is 0 Å². The van der Waals surface area contributed by atoms with Gasteiger partial charge in [0, 0.05) is 11.6 Å². The Labute approximate surface area is 129 Å². The lowest BCUT2D eigenvalue weighted by molar-refractivity contribution is 0.0902. The standard InChI is InChI=1S/C15H20Cl2N2O/c1-15(2)5-3-4-10(8-15)19-14(20)9-6-11(16)13(18)12(17)7-9/h6-7,10H,3-5,8,18H2,1-2H3,(H,19,20). The summed E-state index contributed by atoms with van der Waals surface area (Å²) >= 11 is 11.9. The summed E-state index contributed by atoms with van der Waals surface area (Å²) in [6.07, 6.45) is 4.36. The van der Waals surface area contributed by atoms with Gasteiger partial charge in [0.05, 0.1) is 15.7 Å². The average Bonchev–Trinajstić information content (AvgIpc) is 2.34. The molecule has 2 rings (SSSR count). The highest BCUT2D eigenvalue weighted by Crippen LogP contribution is 2.35. The second-order valence-corrected chi connectivity index (χ2v) is 7.10. The molecule has 1 aliphatic carbocycles. The summed E-state index contributed by atoms with van der Waals surface area (Å²) in [6.45, 7) is 4.48. The van der Waals surface area contributed by atoms with Gasteiger partial charge in [0.1, 0.15) is 0 Å². The van der Waals surface area contributed by atoms with Crippen LogP contribution in [0.25, 0.3) is 0 Å². The number of carbonyl (C=O) groups is 1. The lowest BCUT2D eigenvalue weighted by Crippen LogP contribution is -2.40. The second kappa shape index (κ2) is 5.82. The van der Waals surface area contributed by atoms with Crippen molar-refractivity contribution in [1.82, 2.24) is 5.32 Å². The van der Waals surface area contributed by atoms with E-state index in [0.29, 0.717) is 21.3 Å². The number of benzene rings is 1. The van der Waals surface area contributed by atoms with Gasteiger partial charge < -0.3 is 11.1 Å². The first-order valence-corrected chi connectivity index (χ1v) is 7.59. The number of hydrogen-bond donors (Lipinski definition) is 2. The van der Waals surface area contributed by atoms with E-state index in [1.807, 2.05) is 0 Å². The minimum absolute atomic E-state index is 0.142. The molecule has 0 saturated heterocycles. The van der Waals surface area contributed by atoms with Crippen molar-refractivity contribution >= 4 is 34.8 Å². The minimum atomic E-state index is -0.142. The molecule has 0 heterocycles. The highest BCUT2D eigenvalue weighted by Gasteiger charge is 2.29. The van der Waals surface area contributed by atoms with Crippen LogP contribution in [0.15, 0.2) is 12.1 Å². The van der Waals surface area contributed by atoms with Crippen molar-refractivity contribution in [1.29, 1.82) is 0 Å². The van der Waals surface area contributed by atoms with E-state index < -0.39 is 0 Å².